The maximum Gasteiger partial charge on any atom is 0.306 e. The molecule has 1 saturated carbocycles. The molecule has 1 fully saturated rings. The summed E-state index contributed by atoms with van der Waals surface area (Å²) < 4.78 is 18.6. The molecule has 166 valence electrons. The lowest BCUT2D eigenvalue weighted by molar-refractivity contribution is -0.150. The zero-order valence-corrected chi connectivity index (χ0v) is 22.2. The maximum atomic E-state index is 12.5. The molecule has 0 heterocycles. The SMILES string of the molecule is CC(C)(C)[Si](C)(C)OCC(CO[Si](C)(C)C(C)(C)C)CC(=O)OC1CCCC1. The number of hydrogen-bond donors (Lipinski definition) is 0. The van der Waals surface area contributed by atoms with Crippen LogP contribution >= 0.6 is 0 Å². The summed E-state index contributed by atoms with van der Waals surface area (Å²) in [4.78, 5) is 12.5. The number of esters is 1. The van der Waals surface area contributed by atoms with Crippen molar-refractivity contribution in [2.75, 3.05) is 13.2 Å². The summed E-state index contributed by atoms with van der Waals surface area (Å²) in [7, 11) is -3.72. The topological polar surface area (TPSA) is 44.8 Å². The van der Waals surface area contributed by atoms with Crippen molar-refractivity contribution in [1.29, 1.82) is 0 Å². The Labute approximate surface area is 176 Å². The standard InChI is InChI=1S/C22H46O4Si2/c1-21(2,3)27(7,8)24-16-18(17-25-28(9,10)22(4,5)6)15-20(23)26-19-13-11-12-14-19/h18-19H,11-17H2,1-10H3. The number of hydrogen-bond acceptors (Lipinski definition) is 4. The van der Waals surface area contributed by atoms with Gasteiger partial charge in [0.25, 0.3) is 0 Å². The summed E-state index contributed by atoms with van der Waals surface area (Å²) >= 11 is 0. The minimum Gasteiger partial charge on any atom is -0.462 e. The minimum atomic E-state index is -1.86. The van der Waals surface area contributed by atoms with Crippen molar-refractivity contribution < 1.29 is 18.4 Å². The van der Waals surface area contributed by atoms with E-state index >= 15 is 0 Å². The lowest BCUT2D eigenvalue weighted by Crippen LogP contribution is -2.45. The Hall–Kier alpha value is -0.176. The van der Waals surface area contributed by atoms with E-state index in [1.165, 1.54) is 12.8 Å². The fourth-order valence-corrected chi connectivity index (χ4v) is 4.90. The molecule has 1 rings (SSSR count). The van der Waals surface area contributed by atoms with Crippen LogP contribution < -0.4 is 0 Å². The van der Waals surface area contributed by atoms with Crippen LogP contribution in [0.25, 0.3) is 0 Å². The Morgan fingerprint density at radius 3 is 1.61 bits per heavy atom. The van der Waals surface area contributed by atoms with Crippen molar-refractivity contribution in [1.82, 2.24) is 0 Å². The third kappa shape index (κ3) is 7.92. The fraction of sp³-hybridized carbons (Fsp3) is 0.955. The van der Waals surface area contributed by atoms with Gasteiger partial charge in [0.1, 0.15) is 6.10 Å². The zero-order valence-electron chi connectivity index (χ0n) is 20.2. The van der Waals surface area contributed by atoms with Gasteiger partial charge in [0.2, 0.25) is 0 Å². The van der Waals surface area contributed by atoms with E-state index in [4.69, 9.17) is 13.6 Å². The molecular formula is C22H46O4Si2. The normalized spacial score (nSPS) is 17.4. The lowest BCUT2D eigenvalue weighted by Gasteiger charge is -2.39. The van der Waals surface area contributed by atoms with Crippen LogP contribution in [0.1, 0.15) is 73.6 Å². The first-order valence-electron chi connectivity index (χ1n) is 11.0. The van der Waals surface area contributed by atoms with Crippen molar-refractivity contribution in [2.24, 2.45) is 5.92 Å². The minimum absolute atomic E-state index is 0.0529. The quantitative estimate of drug-likeness (QED) is 0.308. The van der Waals surface area contributed by atoms with Crippen molar-refractivity contribution in [3.05, 3.63) is 0 Å². The van der Waals surface area contributed by atoms with Gasteiger partial charge >= 0.3 is 5.97 Å². The van der Waals surface area contributed by atoms with Gasteiger partial charge in [-0.1, -0.05) is 41.5 Å². The highest BCUT2D eigenvalue weighted by atomic mass is 28.4. The van der Waals surface area contributed by atoms with E-state index in [9.17, 15) is 4.79 Å². The molecule has 0 aliphatic heterocycles. The summed E-state index contributed by atoms with van der Waals surface area (Å²) in [5.74, 6) is -0.0354. The summed E-state index contributed by atoms with van der Waals surface area (Å²) in [6.45, 7) is 23.7. The Morgan fingerprint density at radius 2 is 1.25 bits per heavy atom. The molecule has 1 aliphatic rings. The molecule has 0 atom stereocenters. The summed E-state index contributed by atoms with van der Waals surface area (Å²) in [5, 5.41) is 0.310. The van der Waals surface area contributed by atoms with Gasteiger partial charge in [0.15, 0.2) is 16.6 Å². The van der Waals surface area contributed by atoms with Crippen LogP contribution in [0.4, 0.5) is 0 Å². The molecule has 0 bridgehead atoms. The summed E-state index contributed by atoms with van der Waals surface area (Å²) in [6.07, 6.45) is 4.87. The van der Waals surface area contributed by atoms with Gasteiger partial charge in [-0.2, -0.15) is 0 Å². The van der Waals surface area contributed by atoms with Gasteiger partial charge in [-0.25, -0.2) is 0 Å². The Morgan fingerprint density at radius 1 is 0.857 bits per heavy atom. The molecule has 0 aromatic carbocycles. The highest BCUT2D eigenvalue weighted by molar-refractivity contribution is 6.74. The zero-order chi connectivity index (χ0) is 21.8. The molecule has 0 N–H and O–H groups in total. The van der Waals surface area contributed by atoms with Crippen molar-refractivity contribution >= 4 is 22.6 Å². The van der Waals surface area contributed by atoms with Crippen molar-refractivity contribution in [3.63, 3.8) is 0 Å². The van der Waals surface area contributed by atoms with E-state index in [2.05, 4.69) is 67.7 Å². The third-order valence-corrected chi connectivity index (χ3v) is 16.0. The van der Waals surface area contributed by atoms with Gasteiger partial charge in [-0.15, -0.1) is 0 Å². The number of rotatable bonds is 9. The molecule has 0 saturated heterocycles. The second-order valence-corrected chi connectivity index (χ2v) is 21.2. The van der Waals surface area contributed by atoms with E-state index in [1.54, 1.807) is 0 Å². The second-order valence-electron chi connectivity index (χ2n) is 11.6. The molecular weight excluding hydrogens is 384 g/mol. The third-order valence-electron chi connectivity index (χ3n) is 7.03. The predicted octanol–water partition coefficient (Wildman–Crippen LogP) is 6.52. The number of carbonyl (C=O) groups excluding carboxylic acids is 1. The van der Waals surface area contributed by atoms with E-state index in [1.807, 2.05) is 0 Å². The van der Waals surface area contributed by atoms with Crippen molar-refractivity contribution in [3.8, 4) is 0 Å². The number of carbonyl (C=O) groups is 1. The molecule has 0 aromatic rings. The Kier molecular flexibility index (Phi) is 9.01. The first-order chi connectivity index (χ1) is 12.6. The molecule has 6 heteroatoms. The second kappa shape index (κ2) is 9.75. The van der Waals surface area contributed by atoms with Gasteiger partial charge < -0.3 is 13.6 Å². The first kappa shape index (κ1) is 25.9. The average Bonchev–Trinajstić information content (AvgIpc) is 3.00. The van der Waals surface area contributed by atoms with E-state index < -0.39 is 16.6 Å². The van der Waals surface area contributed by atoms with E-state index in [0.29, 0.717) is 19.6 Å². The maximum absolute atomic E-state index is 12.5. The van der Waals surface area contributed by atoms with Gasteiger partial charge in [-0.05, 0) is 61.9 Å². The molecule has 0 radical (unpaired) electrons. The van der Waals surface area contributed by atoms with Gasteiger partial charge in [0.05, 0.1) is 6.42 Å². The smallest absolute Gasteiger partial charge is 0.306 e. The highest BCUT2D eigenvalue weighted by Crippen LogP contribution is 2.38. The Balaban J connectivity index is 2.73. The summed E-state index contributed by atoms with van der Waals surface area (Å²) in [5.41, 5.74) is 0. The van der Waals surface area contributed by atoms with Crippen LogP contribution in [-0.2, 0) is 18.4 Å². The Bertz CT molecular complexity index is 468. The van der Waals surface area contributed by atoms with Crippen LogP contribution in [0.3, 0.4) is 0 Å². The van der Waals surface area contributed by atoms with E-state index in [-0.39, 0.29) is 28.1 Å². The molecule has 0 unspecified atom stereocenters. The predicted molar refractivity (Wildman–Crippen MR) is 123 cm³/mol. The number of ether oxygens (including phenoxy) is 1. The largest absolute Gasteiger partial charge is 0.462 e. The fourth-order valence-electron chi connectivity index (χ4n) is 2.73. The van der Waals surface area contributed by atoms with Crippen molar-refractivity contribution in [2.45, 2.75) is 116 Å². The van der Waals surface area contributed by atoms with Crippen LogP contribution in [-0.4, -0.2) is 41.9 Å². The molecule has 0 spiro atoms. The van der Waals surface area contributed by atoms with Crippen LogP contribution in [0.5, 0.6) is 0 Å². The molecule has 1 aliphatic carbocycles. The van der Waals surface area contributed by atoms with Crippen LogP contribution in [0, 0.1) is 5.92 Å². The van der Waals surface area contributed by atoms with Gasteiger partial charge in [-0.3, -0.25) is 4.79 Å². The summed E-state index contributed by atoms with van der Waals surface area (Å²) in [6, 6.07) is 0. The first-order valence-corrected chi connectivity index (χ1v) is 16.8. The van der Waals surface area contributed by atoms with Gasteiger partial charge in [0, 0.05) is 19.1 Å². The highest BCUT2D eigenvalue weighted by Gasteiger charge is 2.40. The van der Waals surface area contributed by atoms with Crippen LogP contribution in [0.15, 0.2) is 0 Å². The monoisotopic (exact) mass is 430 g/mol. The van der Waals surface area contributed by atoms with Crippen LogP contribution in [0.2, 0.25) is 36.3 Å². The molecule has 4 nitrogen and oxygen atoms in total. The molecule has 0 aromatic heterocycles. The lowest BCUT2D eigenvalue weighted by atomic mass is 10.1. The van der Waals surface area contributed by atoms with E-state index in [0.717, 1.165) is 12.8 Å². The molecule has 0 amide bonds. The average molecular weight is 431 g/mol. The molecule has 28 heavy (non-hydrogen) atoms.